The lowest BCUT2D eigenvalue weighted by Gasteiger charge is -2.37. The standard InChI is InChI=1S/C15H14N4OS/c1-2-13(21-7-1)14-17-15(20-18-14)12-9-19(10-12)8-11-3-5-16-6-4-11/h1-7,12H,8-10H2. The van der Waals surface area contributed by atoms with Gasteiger partial charge < -0.3 is 4.52 Å². The van der Waals surface area contributed by atoms with Crippen molar-refractivity contribution < 1.29 is 4.52 Å². The molecule has 0 aliphatic carbocycles. The second-order valence-electron chi connectivity index (χ2n) is 5.18. The van der Waals surface area contributed by atoms with Crippen LogP contribution >= 0.6 is 11.3 Å². The van der Waals surface area contributed by atoms with Crippen LogP contribution in [0.1, 0.15) is 17.4 Å². The van der Waals surface area contributed by atoms with Crippen LogP contribution in [-0.4, -0.2) is 33.1 Å². The molecule has 1 aliphatic rings. The normalized spacial score (nSPS) is 16.0. The second kappa shape index (κ2) is 5.38. The largest absolute Gasteiger partial charge is 0.339 e. The van der Waals surface area contributed by atoms with Gasteiger partial charge in [-0.1, -0.05) is 11.2 Å². The molecule has 0 aromatic carbocycles. The Balaban J connectivity index is 1.38. The van der Waals surface area contributed by atoms with Crippen molar-refractivity contribution in [2.45, 2.75) is 12.5 Å². The van der Waals surface area contributed by atoms with Crippen LogP contribution in [0.4, 0.5) is 0 Å². The van der Waals surface area contributed by atoms with Gasteiger partial charge in [0.15, 0.2) is 0 Å². The fourth-order valence-electron chi connectivity index (χ4n) is 2.51. The highest BCUT2D eigenvalue weighted by Crippen LogP contribution is 2.29. The van der Waals surface area contributed by atoms with Crippen LogP contribution in [0, 0.1) is 0 Å². The van der Waals surface area contributed by atoms with E-state index in [0.717, 1.165) is 30.4 Å². The minimum Gasteiger partial charge on any atom is -0.339 e. The van der Waals surface area contributed by atoms with Crippen LogP contribution in [0.25, 0.3) is 10.7 Å². The van der Waals surface area contributed by atoms with E-state index in [2.05, 4.69) is 32.2 Å². The highest BCUT2D eigenvalue weighted by molar-refractivity contribution is 7.13. The molecule has 1 fully saturated rings. The smallest absolute Gasteiger partial charge is 0.232 e. The Kier molecular flexibility index (Phi) is 3.25. The lowest BCUT2D eigenvalue weighted by atomic mass is 9.99. The van der Waals surface area contributed by atoms with Crippen LogP contribution in [-0.2, 0) is 6.54 Å². The molecule has 0 saturated carbocycles. The van der Waals surface area contributed by atoms with E-state index >= 15 is 0 Å². The van der Waals surface area contributed by atoms with E-state index < -0.39 is 0 Å². The number of hydrogen-bond acceptors (Lipinski definition) is 6. The van der Waals surface area contributed by atoms with Crippen molar-refractivity contribution in [3.63, 3.8) is 0 Å². The Hall–Kier alpha value is -2.05. The van der Waals surface area contributed by atoms with E-state index in [1.165, 1.54) is 5.56 Å². The molecule has 21 heavy (non-hydrogen) atoms. The molecule has 3 aromatic rings. The van der Waals surface area contributed by atoms with E-state index in [4.69, 9.17) is 4.52 Å². The van der Waals surface area contributed by atoms with Gasteiger partial charge in [-0.2, -0.15) is 4.98 Å². The minimum atomic E-state index is 0.355. The van der Waals surface area contributed by atoms with Crippen LogP contribution in [0.15, 0.2) is 46.6 Å². The molecule has 5 nitrogen and oxygen atoms in total. The predicted molar refractivity (Wildman–Crippen MR) is 79.9 cm³/mol. The highest BCUT2D eigenvalue weighted by Gasteiger charge is 2.32. The summed E-state index contributed by atoms with van der Waals surface area (Å²) in [6, 6.07) is 8.11. The third-order valence-corrected chi connectivity index (χ3v) is 4.51. The summed E-state index contributed by atoms with van der Waals surface area (Å²) in [5, 5.41) is 6.09. The van der Waals surface area contributed by atoms with Gasteiger partial charge in [-0.15, -0.1) is 11.3 Å². The van der Waals surface area contributed by atoms with Gasteiger partial charge in [-0.25, -0.2) is 0 Å². The maximum absolute atomic E-state index is 5.40. The van der Waals surface area contributed by atoms with Crippen molar-refractivity contribution in [2.75, 3.05) is 13.1 Å². The number of pyridine rings is 1. The van der Waals surface area contributed by atoms with E-state index in [1.807, 2.05) is 29.9 Å². The number of hydrogen-bond donors (Lipinski definition) is 0. The number of rotatable bonds is 4. The first kappa shape index (κ1) is 12.7. The van der Waals surface area contributed by atoms with Gasteiger partial charge in [-0.3, -0.25) is 9.88 Å². The Bertz CT molecular complexity index is 704. The molecular formula is C15H14N4OS. The number of thiophene rings is 1. The molecule has 0 radical (unpaired) electrons. The molecule has 1 aliphatic heterocycles. The van der Waals surface area contributed by atoms with Gasteiger partial charge in [0.1, 0.15) is 0 Å². The van der Waals surface area contributed by atoms with Crippen molar-refractivity contribution in [1.82, 2.24) is 20.0 Å². The zero-order valence-electron chi connectivity index (χ0n) is 11.3. The molecule has 0 unspecified atom stereocenters. The molecule has 0 N–H and O–H groups in total. The molecule has 3 aromatic heterocycles. The summed E-state index contributed by atoms with van der Waals surface area (Å²) >= 11 is 1.63. The van der Waals surface area contributed by atoms with Gasteiger partial charge in [-0.05, 0) is 29.1 Å². The Morgan fingerprint density at radius 1 is 1.24 bits per heavy atom. The lowest BCUT2D eigenvalue weighted by Crippen LogP contribution is -2.44. The van der Waals surface area contributed by atoms with Crippen molar-refractivity contribution in [2.24, 2.45) is 0 Å². The highest BCUT2D eigenvalue weighted by atomic mass is 32.1. The third-order valence-electron chi connectivity index (χ3n) is 3.65. The number of likely N-dealkylation sites (tertiary alicyclic amines) is 1. The molecular weight excluding hydrogens is 284 g/mol. The van der Waals surface area contributed by atoms with Crippen molar-refractivity contribution in [3.05, 3.63) is 53.5 Å². The summed E-state index contributed by atoms with van der Waals surface area (Å²) < 4.78 is 5.40. The number of aromatic nitrogens is 3. The molecule has 0 bridgehead atoms. The summed E-state index contributed by atoms with van der Waals surface area (Å²) in [6.07, 6.45) is 3.66. The average molecular weight is 298 g/mol. The molecule has 4 rings (SSSR count). The van der Waals surface area contributed by atoms with Crippen LogP contribution in [0.2, 0.25) is 0 Å². The minimum absolute atomic E-state index is 0.355. The monoisotopic (exact) mass is 298 g/mol. The molecule has 106 valence electrons. The quantitative estimate of drug-likeness (QED) is 0.741. The first-order chi connectivity index (χ1) is 10.4. The van der Waals surface area contributed by atoms with Gasteiger partial charge >= 0.3 is 0 Å². The van der Waals surface area contributed by atoms with Crippen LogP contribution < -0.4 is 0 Å². The maximum Gasteiger partial charge on any atom is 0.232 e. The Morgan fingerprint density at radius 3 is 2.86 bits per heavy atom. The van der Waals surface area contributed by atoms with Gasteiger partial charge in [0, 0.05) is 32.0 Å². The first-order valence-electron chi connectivity index (χ1n) is 6.87. The van der Waals surface area contributed by atoms with Crippen LogP contribution in [0.3, 0.4) is 0 Å². The van der Waals surface area contributed by atoms with Gasteiger partial charge in [0.25, 0.3) is 0 Å². The van der Waals surface area contributed by atoms with Gasteiger partial charge in [0.05, 0.1) is 10.8 Å². The fourth-order valence-corrected chi connectivity index (χ4v) is 3.16. The molecule has 0 atom stereocenters. The zero-order chi connectivity index (χ0) is 14.1. The summed E-state index contributed by atoms with van der Waals surface area (Å²) in [5.41, 5.74) is 1.29. The maximum atomic E-state index is 5.40. The van der Waals surface area contributed by atoms with E-state index in [0.29, 0.717) is 11.7 Å². The SMILES string of the molecule is c1csc(-c2noc(C3CN(Cc4ccncc4)C3)n2)c1. The third kappa shape index (κ3) is 2.59. The molecule has 6 heteroatoms. The van der Waals surface area contributed by atoms with E-state index in [-0.39, 0.29) is 0 Å². The summed E-state index contributed by atoms with van der Waals surface area (Å²) in [6.45, 7) is 2.88. The summed E-state index contributed by atoms with van der Waals surface area (Å²) in [5.74, 6) is 1.81. The van der Waals surface area contributed by atoms with E-state index in [9.17, 15) is 0 Å². The predicted octanol–water partition coefficient (Wildman–Crippen LogP) is 2.79. The zero-order valence-corrected chi connectivity index (χ0v) is 12.2. The summed E-state index contributed by atoms with van der Waals surface area (Å²) in [4.78, 5) is 12.0. The van der Waals surface area contributed by atoms with E-state index in [1.54, 1.807) is 11.3 Å². The lowest BCUT2D eigenvalue weighted by molar-refractivity contribution is 0.117. The van der Waals surface area contributed by atoms with Crippen molar-refractivity contribution in [3.8, 4) is 10.7 Å². The average Bonchev–Trinajstić information content (AvgIpc) is 3.14. The van der Waals surface area contributed by atoms with Crippen molar-refractivity contribution in [1.29, 1.82) is 0 Å². The topological polar surface area (TPSA) is 55.1 Å². The van der Waals surface area contributed by atoms with Crippen LogP contribution in [0.5, 0.6) is 0 Å². The second-order valence-corrected chi connectivity index (χ2v) is 6.13. The fraction of sp³-hybridized carbons (Fsp3) is 0.267. The number of nitrogens with zero attached hydrogens (tertiary/aromatic N) is 4. The molecule has 1 saturated heterocycles. The molecule has 0 amide bonds. The van der Waals surface area contributed by atoms with Crippen molar-refractivity contribution >= 4 is 11.3 Å². The molecule has 4 heterocycles. The molecule has 0 spiro atoms. The summed E-state index contributed by atoms with van der Waals surface area (Å²) in [7, 11) is 0. The van der Waals surface area contributed by atoms with Gasteiger partial charge in [0.2, 0.25) is 11.7 Å². The Morgan fingerprint density at radius 2 is 2.10 bits per heavy atom. The Labute approximate surface area is 126 Å². The first-order valence-corrected chi connectivity index (χ1v) is 7.75.